The summed E-state index contributed by atoms with van der Waals surface area (Å²) in [6, 6.07) is 0.136. The van der Waals surface area contributed by atoms with Gasteiger partial charge in [0.05, 0.1) is 13.2 Å². The number of hydrogen-bond donors (Lipinski definition) is 2. The van der Waals surface area contributed by atoms with Gasteiger partial charge in [-0.3, -0.25) is 9.59 Å². The zero-order valence-corrected chi connectivity index (χ0v) is 15.9. The van der Waals surface area contributed by atoms with E-state index >= 15 is 0 Å². The summed E-state index contributed by atoms with van der Waals surface area (Å²) in [7, 11) is 0. The standard InChI is InChI=1S/C17H31N3O3.ClH/c1-17(2,3)16(22)19-10-13-5-4-7-20(11-13)15(21)9-14-12-23-8-6-18-14;/h13-14,18H,4-12H2,1-3H3,(H,19,22);1H. The van der Waals surface area contributed by atoms with E-state index in [9.17, 15) is 9.59 Å². The fraction of sp³-hybridized carbons (Fsp3) is 0.882. The molecule has 2 amide bonds. The van der Waals surface area contributed by atoms with Crippen molar-refractivity contribution in [2.75, 3.05) is 39.4 Å². The second kappa shape index (κ2) is 9.59. The van der Waals surface area contributed by atoms with Crippen molar-refractivity contribution >= 4 is 24.2 Å². The van der Waals surface area contributed by atoms with Crippen LogP contribution in [-0.4, -0.2) is 62.1 Å². The van der Waals surface area contributed by atoms with E-state index in [2.05, 4.69) is 10.6 Å². The molecule has 0 saturated carbocycles. The highest BCUT2D eigenvalue weighted by molar-refractivity contribution is 5.85. The number of likely N-dealkylation sites (tertiary alicyclic amines) is 1. The smallest absolute Gasteiger partial charge is 0.225 e. The van der Waals surface area contributed by atoms with Crippen LogP contribution in [0, 0.1) is 11.3 Å². The van der Waals surface area contributed by atoms with Gasteiger partial charge in [0, 0.05) is 44.1 Å². The number of carbonyl (C=O) groups is 2. The molecule has 0 aliphatic carbocycles. The van der Waals surface area contributed by atoms with Crippen molar-refractivity contribution in [1.29, 1.82) is 0 Å². The third-order valence-corrected chi connectivity index (χ3v) is 4.52. The van der Waals surface area contributed by atoms with Crippen molar-refractivity contribution in [2.45, 2.75) is 46.1 Å². The van der Waals surface area contributed by atoms with E-state index in [-0.39, 0.29) is 35.7 Å². The zero-order valence-electron chi connectivity index (χ0n) is 15.1. The van der Waals surface area contributed by atoms with Crippen LogP contribution in [-0.2, 0) is 14.3 Å². The molecule has 2 aliphatic rings. The normalized spacial score (nSPS) is 24.9. The number of piperidine rings is 1. The van der Waals surface area contributed by atoms with Gasteiger partial charge in [0.25, 0.3) is 0 Å². The molecular weight excluding hydrogens is 330 g/mol. The molecule has 2 fully saturated rings. The summed E-state index contributed by atoms with van der Waals surface area (Å²) >= 11 is 0. The molecule has 140 valence electrons. The lowest BCUT2D eigenvalue weighted by Gasteiger charge is -2.34. The number of halogens is 1. The first kappa shape index (κ1) is 21.2. The predicted molar refractivity (Wildman–Crippen MR) is 96.2 cm³/mol. The minimum absolute atomic E-state index is 0. The molecule has 2 aliphatic heterocycles. The maximum Gasteiger partial charge on any atom is 0.225 e. The molecule has 0 bridgehead atoms. The zero-order chi connectivity index (χ0) is 16.9. The minimum Gasteiger partial charge on any atom is -0.378 e. The molecule has 0 spiro atoms. The molecule has 6 nitrogen and oxygen atoms in total. The third kappa shape index (κ3) is 6.57. The average molecular weight is 362 g/mol. The van der Waals surface area contributed by atoms with Crippen LogP contribution >= 0.6 is 12.4 Å². The Morgan fingerprint density at radius 3 is 2.71 bits per heavy atom. The molecule has 2 saturated heterocycles. The highest BCUT2D eigenvalue weighted by Crippen LogP contribution is 2.18. The molecule has 0 radical (unpaired) electrons. The summed E-state index contributed by atoms with van der Waals surface area (Å²) in [6.45, 7) is 10.1. The van der Waals surface area contributed by atoms with Crippen molar-refractivity contribution in [3.63, 3.8) is 0 Å². The second-order valence-corrected chi connectivity index (χ2v) is 7.74. The molecular formula is C17H32ClN3O3. The highest BCUT2D eigenvalue weighted by atomic mass is 35.5. The van der Waals surface area contributed by atoms with Crippen LogP contribution in [0.15, 0.2) is 0 Å². The van der Waals surface area contributed by atoms with Gasteiger partial charge >= 0.3 is 0 Å². The summed E-state index contributed by atoms with van der Waals surface area (Å²) in [4.78, 5) is 26.4. The monoisotopic (exact) mass is 361 g/mol. The Labute approximate surface area is 151 Å². The first-order chi connectivity index (χ1) is 10.9. The predicted octanol–water partition coefficient (Wildman–Crippen LogP) is 1.19. The van der Waals surface area contributed by atoms with Crippen molar-refractivity contribution in [2.24, 2.45) is 11.3 Å². The van der Waals surface area contributed by atoms with Gasteiger partial charge in [0.1, 0.15) is 0 Å². The van der Waals surface area contributed by atoms with E-state index in [1.54, 1.807) is 0 Å². The SMILES string of the molecule is CC(C)(C)C(=O)NCC1CCCN(C(=O)CC2COCCN2)C1.Cl. The van der Waals surface area contributed by atoms with Crippen molar-refractivity contribution in [3.05, 3.63) is 0 Å². The lowest BCUT2D eigenvalue weighted by molar-refractivity contribution is -0.134. The molecule has 24 heavy (non-hydrogen) atoms. The van der Waals surface area contributed by atoms with Gasteiger partial charge in [-0.2, -0.15) is 0 Å². The maximum absolute atomic E-state index is 12.5. The number of nitrogens with one attached hydrogen (secondary N) is 2. The van der Waals surface area contributed by atoms with Crippen molar-refractivity contribution in [3.8, 4) is 0 Å². The van der Waals surface area contributed by atoms with E-state index in [0.717, 1.165) is 39.1 Å². The first-order valence-corrected chi connectivity index (χ1v) is 8.73. The second-order valence-electron chi connectivity index (χ2n) is 7.74. The van der Waals surface area contributed by atoms with E-state index in [1.807, 2.05) is 25.7 Å². The first-order valence-electron chi connectivity index (χ1n) is 8.73. The quantitative estimate of drug-likeness (QED) is 0.789. The van der Waals surface area contributed by atoms with E-state index in [1.165, 1.54) is 0 Å². The molecule has 0 aromatic rings. The molecule has 2 rings (SSSR count). The average Bonchev–Trinajstić information content (AvgIpc) is 2.53. The molecule has 2 heterocycles. The van der Waals surface area contributed by atoms with Crippen molar-refractivity contribution < 1.29 is 14.3 Å². The summed E-state index contributed by atoms with van der Waals surface area (Å²) in [5.41, 5.74) is -0.364. The molecule has 0 aromatic heterocycles. The Balaban J connectivity index is 0.00000288. The molecule has 7 heteroatoms. The summed E-state index contributed by atoms with van der Waals surface area (Å²) in [6.07, 6.45) is 2.58. The minimum atomic E-state index is -0.364. The van der Waals surface area contributed by atoms with Crippen molar-refractivity contribution in [1.82, 2.24) is 15.5 Å². The van der Waals surface area contributed by atoms with Gasteiger partial charge in [-0.05, 0) is 18.8 Å². The fourth-order valence-electron chi connectivity index (χ4n) is 3.05. The van der Waals surface area contributed by atoms with Crippen LogP contribution in [0.3, 0.4) is 0 Å². The van der Waals surface area contributed by atoms with Crippen LogP contribution in [0.25, 0.3) is 0 Å². The summed E-state index contributed by atoms with van der Waals surface area (Å²) < 4.78 is 5.41. The number of amides is 2. The number of morpholine rings is 1. The number of nitrogens with zero attached hydrogens (tertiary/aromatic N) is 1. The molecule has 2 N–H and O–H groups in total. The Morgan fingerprint density at radius 2 is 2.08 bits per heavy atom. The molecule has 2 unspecified atom stereocenters. The number of rotatable bonds is 4. The molecule has 2 atom stereocenters. The lowest BCUT2D eigenvalue weighted by Crippen LogP contribution is -2.48. The van der Waals surface area contributed by atoms with Gasteiger partial charge in [0.2, 0.25) is 11.8 Å². The van der Waals surface area contributed by atoms with Crippen LogP contribution in [0.1, 0.15) is 40.0 Å². The largest absolute Gasteiger partial charge is 0.378 e. The Morgan fingerprint density at radius 1 is 1.33 bits per heavy atom. The fourth-order valence-corrected chi connectivity index (χ4v) is 3.05. The van der Waals surface area contributed by atoms with E-state index in [4.69, 9.17) is 4.74 Å². The van der Waals surface area contributed by atoms with Gasteiger partial charge in [0.15, 0.2) is 0 Å². The Kier molecular flexibility index (Phi) is 8.46. The van der Waals surface area contributed by atoms with E-state index < -0.39 is 0 Å². The summed E-state index contributed by atoms with van der Waals surface area (Å²) in [5.74, 6) is 0.624. The molecule has 0 aromatic carbocycles. The Hall–Kier alpha value is -0.850. The van der Waals surface area contributed by atoms with Gasteiger partial charge < -0.3 is 20.3 Å². The summed E-state index contributed by atoms with van der Waals surface area (Å²) in [5, 5.41) is 6.35. The maximum atomic E-state index is 12.5. The van der Waals surface area contributed by atoms with Gasteiger partial charge in [-0.15, -0.1) is 12.4 Å². The van der Waals surface area contributed by atoms with Crippen LogP contribution in [0.2, 0.25) is 0 Å². The van der Waals surface area contributed by atoms with Crippen LogP contribution < -0.4 is 10.6 Å². The highest BCUT2D eigenvalue weighted by Gasteiger charge is 2.27. The number of carbonyl (C=O) groups excluding carboxylic acids is 2. The number of ether oxygens (including phenoxy) is 1. The Bertz CT molecular complexity index is 420. The lowest BCUT2D eigenvalue weighted by atomic mass is 9.94. The van der Waals surface area contributed by atoms with Crippen LogP contribution in [0.4, 0.5) is 0 Å². The third-order valence-electron chi connectivity index (χ3n) is 4.52. The topological polar surface area (TPSA) is 70.7 Å². The van der Waals surface area contributed by atoms with Gasteiger partial charge in [-0.25, -0.2) is 0 Å². The van der Waals surface area contributed by atoms with Crippen LogP contribution in [0.5, 0.6) is 0 Å². The van der Waals surface area contributed by atoms with Gasteiger partial charge in [-0.1, -0.05) is 20.8 Å². The number of hydrogen-bond acceptors (Lipinski definition) is 4. The van der Waals surface area contributed by atoms with E-state index in [0.29, 0.717) is 25.5 Å².